The molecule has 1 unspecified atom stereocenters. The number of amidine groups is 1. The van der Waals surface area contributed by atoms with E-state index in [2.05, 4.69) is 22.0 Å². The van der Waals surface area contributed by atoms with Crippen LogP contribution in [0.1, 0.15) is 32.1 Å². The van der Waals surface area contributed by atoms with Gasteiger partial charge in [0.05, 0.1) is 6.61 Å². The third kappa shape index (κ3) is 6.54. The van der Waals surface area contributed by atoms with Crippen molar-refractivity contribution in [3.8, 4) is 0 Å². The molecule has 1 fully saturated rings. The molecule has 0 radical (unpaired) electrons. The second kappa shape index (κ2) is 9.96. The molecule has 0 aromatic heterocycles. The Balaban J connectivity index is 2.34. The SMILES string of the molecule is COCCN(CCC(N)=NO)CCC1CCCCN1C. The molecule has 3 N–H and O–H groups in total. The molecule has 1 atom stereocenters. The van der Waals surface area contributed by atoms with Crippen molar-refractivity contribution in [2.75, 3.05) is 46.9 Å². The average Bonchev–Trinajstić information content (AvgIpc) is 2.47. The number of hydrogen-bond donors (Lipinski definition) is 2. The molecule has 0 saturated carbocycles. The maximum atomic E-state index is 8.61. The van der Waals surface area contributed by atoms with E-state index in [0.717, 1.165) is 26.2 Å². The van der Waals surface area contributed by atoms with Crippen LogP contribution in [0.4, 0.5) is 0 Å². The van der Waals surface area contributed by atoms with Crippen molar-refractivity contribution in [1.29, 1.82) is 0 Å². The number of oxime groups is 1. The third-order valence-electron chi connectivity index (χ3n) is 4.12. The fraction of sp³-hybridized carbons (Fsp3) is 0.929. The highest BCUT2D eigenvalue weighted by molar-refractivity contribution is 5.79. The molecule has 1 saturated heterocycles. The van der Waals surface area contributed by atoms with Crippen LogP contribution in [0.25, 0.3) is 0 Å². The van der Waals surface area contributed by atoms with Crippen LogP contribution in [-0.2, 0) is 4.74 Å². The topological polar surface area (TPSA) is 74.3 Å². The molecule has 0 aromatic rings. The normalized spacial score (nSPS) is 21.6. The van der Waals surface area contributed by atoms with Crippen LogP contribution in [0.5, 0.6) is 0 Å². The number of likely N-dealkylation sites (tertiary alicyclic amines) is 1. The van der Waals surface area contributed by atoms with Crippen LogP contribution in [-0.4, -0.2) is 73.8 Å². The summed E-state index contributed by atoms with van der Waals surface area (Å²) in [5, 5.41) is 11.6. The van der Waals surface area contributed by atoms with Crippen molar-refractivity contribution in [3.05, 3.63) is 0 Å². The summed E-state index contributed by atoms with van der Waals surface area (Å²) in [7, 11) is 3.94. The zero-order valence-corrected chi connectivity index (χ0v) is 12.9. The highest BCUT2D eigenvalue weighted by Gasteiger charge is 2.19. The number of ether oxygens (including phenoxy) is 1. The number of piperidine rings is 1. The third-order valence-corrected chi connectivity index (χ3v) is 4.12. The maximum Gasteiger partial charge on any atom is 0.140 e. The van der Waals surface area contributed by atoms with Crippen molar-refractivity contribution in [3.63, 3.8) is 0 Å². The molecule has 0 spiro atoms. The summed E-state index contributed by atoms with van der Waals surface area (Å²) < 4.78 is 5.16. The van der Waals surface area contributed by atoms with Crippen molar-refractivity contribution in [2.24, 2.45) is 10.9 Å². The van der Waals surface area contributed by atoms with E-state index in [-0.39, 0.29) is 0 Å². The minimum atomic E-state index is 0.294. The zero-order chi connectivity index (χ0) is 14.8. The number of hydrogen-bond acceptors (Lipinski definition) is 5. The molecule has 20 heavy (non-hydrogen) atoms. The monoisotopic (exact) mass is 286 g/mol. The van der Waals surface area contributed by atoms with Crippen LogP contribution in [0.2, 0.25) is 0 Å². The number of rotatable bonds is 9. The fourth-order valence-corrected chi connectivity index (χ4v) is 2.72. The van der Waals surface area contributed by atoms with E-state index >= 15 is 0 Å². The Morgan fingerprint density at radius 3 is 2.85 bits per heavy atom. The Labute approximate surface area is 122 Å². The van der Waals surface area contributed by atoms with Crippen LogP contribution < -0.4 is 5.73 Å². The highest BCUT2D eigenvalue weighted by Crippen LogP contribution is 2.18. The summed E-state index contributed by atoms with van der Waals surface area (Å²) in [6.45, 7) is 4.68. The van der Waals surface area contributed by atoms with E-state index in [9.17, 15) is 0 Å². The Morgan fingerprint density at radius 1 is 1.40 bits per heavy atom. The summed E-state index contributed by atoms with van der Waals surface area (Å²) in [6.07, 6.45) is 5.74. The van der Waals surface area contributed by atoms with Crippen molar-refractivity contribution in [2.45, 2.75) is 38.1 Å². The Morgan fingerprint density at radius 2 is 2.20 bits per heavy atom. The van der Waals surface area contributed by atoms with Crippen molar-refractivity contribution < 1.29 is 9.94 Å². The molecule has 0 bridgehead atoms. The lowest BCUT2D eigenvalue weighted by Gasteiger charge is -2.34. The first-order valence-corrected chi connectivity index (χ1v) is 7.55. The fourth-order valence-electron chi connectivity index (χ4n) is 2.72. The van der Waals surface area contributed by atoms with E-state index in [1.165, 1.54) is 32.2 Å². The quantitative estimate of drug-likeness (QED) is 0.286. The van der Waals surface area contributed by atoms with E-state index in [0.29, 0.717) is 18.3 Å². The zero-order valence-electron chi connectivity index (χ0n) is 12.9. The number of nitrogens with zero attached hydrogens (tertiary/aromatic N) is 3. The first-order valence-electron chi connectivity index (χ1n) is 7.55. The first-order chi connectivity index (χ1) is 9.67. The molecule has 6 nitrogen and oxygen atoms in total. The molecule has 118 valence electrons. The van der Waals surface area contributed by atoms with Gasteiger partial charge in [0.25, 0.3) is 0 Å². The van der Waals surface area contributed by atoms with Gasteiger partial charge in [0.15, 0.2) is 0 Å². The molecule has 1 aliphatic heterocycles. The molecular formula is C14H30N4O2. The van der Waals surface area contributed by atoms with Crippen LogP contribution in [0.15, 0.2) is 5.16 Å². The second-order valence-electron chi connectivity index (χ2n) is 5.59. The Hall–Kier alpha value is -0.850. The van der Waals surface area contributed by atoms with Crippen molar-refractivity contribution >= 4 is 5.84 Å². The van der Waals surface area contributed by atoms with E-state index in [1.54, 1.807) is 7.11 Å². The van der Waals surface area contributed by atoms with Crippen molar-refractivity contribution in [1.82, 2.24) is 9.80 Å². The minimum Gasteiger partial charge on any atom is -0.409 e. The molecule has 1 heterocycles. The van der Waals surface area contributed by atoms with E-state index in [1.807, 2.05) is 0 Å². The van der Waals surface area contributed by atoms with Gasteiger partial charge in [0, 0.05) is 32.7 Å². The van der Waals surface area contributed by atoms with Gasteiger partial charge in [-0.2, -0.15) is 0 Å². The lowest BCUT2D eigenvalue weighted by Crippen LogP contribution is -2.40. The first kappa shape index (κ1) is 17.2. The number of nitrogens with two attached hydrogens (primary N) is 1. The van der Waals surface area contributed by atoms with Crippen LogP contribution >= 0.6 is 0 Å². The number of methoxy groups -OCH3 is 1. The Kier molecular flexibility index (Phi) is 8.57. The molecule has 0 aliphatic carbocycles. The van der Waals surface area contributed by atoms with Gasteiger partial charge in [-0.1, -0.05) is 11.6 Å². The standard InChI is InChI=1S/C14H30N4O2/c1-17-8-4-3-5-13(17)6-9-18(11-12-20-2)10-7-14(15)16-19/h13,19H,3-12H2,1-2H3,(H2,15,16). The van der Waals surface area contributed by atoms with Crippen LogP contribution in [0.3, 0.4) is 0 Å². The lowest BCUT2D eigenvalue weighted by atomic mass is 10.00. The van der Waals surface area contributed by atoms with Gasteiger partial charge in [-0.25, -0.2) is 0 Å². The second-order valence-corrected chi connectivity index (χ2v) is 5.59. The molecule has 6 heteroatoms. The van der Waals surface area contributed by atoms with Gasteiger partial charge in [-0.3, -0.25) is 0 Å². The molecular weight excluding hydrogens is 256 g/mol. The average molecular weight is 286 g/mol. The maximum absolute atomic E-state index is 8.61. The Bertz CT molecular complexity index is 286. The summed E-state index contributed by atoms with van der Waals surface area (Å²) in [6, 6.07) is 0.692. The molecule has 0 aromatic carbocycles. The van der Waals surface area contributed by atoms with Gasteiger partial charge in [0.2, 0.25) is 0 Å². The highest BCUT2D eigenvalue weighted by atomic mass is 16.5. The van der Waals surface area contributed by atoms with Gasteiger partial charge >= 0.3 is 0 Å². The van der Waals surface area contributed by atoms with Gasteiger partial charge in [-0.05, 0) is 39.4 Å². The van der Waals surface area contributed by atoms with E-state index in [4.69, 9.17) is 15.7 Å². The van der Waals surface area contributed by atoms with Gasteiger partial charge in [0.1, 0.15) is 5.84 Å². The summed E-state index contributed by atoms with van der Waals surface area (Å²) in [5.41, 5.74) is 5.54. The van der Waals surface area contributed by atoms with Gasteiger partial charge < -0.3 is 25.5 Å². The molecule has 1 rings (SSSR count). The summed E-state index contributed by atoms with van der Waals surface area (Å²) in [4.78, 5) is 4.81. The smallest absolute Gasteiger partial charge is 0.140 e. The molecule has 1 aliphatic rings. The predicted molar refractivity (Wildman–Crippen MR) is 81.2 cm³/mol. The predicted octanol–water partition coefficient (Wildman–Crippen LogP) is 0.946. The summed E-state index contributed by atoms with van der Waals surface area (Å²) >= 11 is 0. The van der Waals surface area contributed by atoms with Gasteiger partial charge in [-0.15, -0.1) is 0 Å². The minimum absolute atomic E-state index is 0.294. The largest absolute Gasteiger partial charge is 0.409 e. The summed E-state index contributed by atoms with van der Waals surface area (Å²) in [5.74, 6) is 0.294. The molecule has 0 amide bonds. The van der Waals surface area contributed by atoms with E-state index < -0.39 is 0 Å². The lowest BCUT2D eigenvalue weighted by molar-refractivity contribution is 0.126. The van der Waals surface area contributed by atoms with Crippen LogP contribution in [0, 0.1) is 0 Å².